The smallest absolute Gasteiger partial charge is 0.245 e. The van der Waals surface area contributed by atoms with Crippen LogP contribution in [0.5, 0.6) is 0 Å². The van der Waals surface area contributed by atoms with Crippen LogP contribution in [0.4, 0.5) is 0 Å². The molecule has 3 aromatic carbocycles. The average molecular weight is 369 g/mol. The first-order valence-electron chi connectivity index (χ1n) is 9.69. The van der Waals surface area contributed by atoms with Crippen LogP contribution in [0.15, 0.2) is 79.1 Å². The molecule has 1 heterocycles. The van der Waals surface area contributed by atoms with Crippen molar-refractivity contribution in [3.63, 3.8) is 0 Å². The Bertz CT molecular complexity index is 1130. The van der Waals surface area contributed by atoms with Crippen molar-refractivity contribution in [3.8, 4) is 0 Å². The molecule has 0 N–H and O–H groups in total. The lowest BCUT2D eigenvalue weighted by molar-refractivity contribution is -0.663. The average Bonchev–Trinajstić information content (AvgIpc) is 3.06. The van der Waals surface area contributed by atoms with Crippen LogP contribution in [0.25, 0.3) is 11.0 Å². The summed E-state index contributed by atoms with van der Waals surface area (Å²) in [5, 5.41) is 0. The first kappa shape index (κ1) is 18.2. The number of carbonyl (C=O) groups excluding carboxylic acids is 1. The monoisotopic (exact) mass is 369 g/mol. The molecule has 0 amide bonds. The van der Waals surface area contributed by atoms with Gasteiger partial charge in [-0.05, 0) is 49.6 Å². The summed E-state index contributed by atoms with van der Waals surface area (Å²) in [6.07, 6.45) is 2.09. The van der Waals surface area contributed by atoms with Gasteiger partial charge in [-0.3, -0.25) is 4.79 Å². The summed E-state index contributed by atoms with van der Waals surface area (Å²) in [5.74, 6) is 0.127. The molecule has 0 saturated carbocycles. The molecule has 0 aliphatic heterocycles. The Kier molecular flexibility index (Phi) is 4.82. The van der Waals surface area contributed by atoms with Gasteiger partial charge in [0.05, 0.1) is 0 Å². The van der Waals surface area contributed by atoms with Gasteiger partial charge in [-0.2, -0.15) is 0 Å². The highest BCUT2D eigenvalue weighted by molar-refractivity contribution is 5.99. The second-order valence-electron chi connectivity index (χ2n) is 7.47. The van der Waals surface area contributed by atoms with E-state index in [0.717, 1.165) is 23.1 Å². The van der Waals surface area contributed by atoms with Gasteiger partial charge < -0.3 is 0 Å². The van der Waals surface area contributed by atoms with E-state index in [-0.39, 0.29) is 11.8 Å². The minimum absolute atomic E-state index is 0.127. The molecule has 0 aliphatic carbocycles. The number of fused-ring (bicyclic) bond motifs is 1. The van der Waals surface area contributed by atoms with E-state index in [4.69, 9.17) is 0 Å². The van der Waals surface area contributed by atoms with Crippen LogP contribution in [0.1, 0.15) is 40.0 Å². The van der Waals surface area contributed by atoms with Gasteiger partial charge in [0.1, 0.15) is 6.54 Å². The number of nitrogens with zero attached hydrogens (tertiary/aromatic N) is 2. The Morgan fingerprint density at radius 3 is 2.21 bits per heavy atom. The standard InChI is InChI=1S/C25H25N2O/c1-18-14-23-24(15-19(18)2)27(17-26(23)16-21-10-6-4-7-11-21)20(3)25(28)22-12-8-5-9-13-22/h4-15,17,20H,16H2,1-3H3/q+1/t20-/m1/s1. The van der Waals surface area contributed by atoms with Crippen molar-refractivity contribution < 1.29 is 9.36 Å². The predicted octanol–water partition coefficient (Wildman–Crippen LogP) is 5.04. The fourth-order valence-electron chi connectivity index (χ4n) is 3.68. The van der Waals surface area contributed by atoms with E-state index in [1.54, 1.807) is 0 Å². The Hall–Kier alpha value is -3.20. The van der Waals surface area contributed by atoms with Crippen LogP contribution in [0.3, 0.4) is 0 Å². The molecule has 0 spiro atoms. The molecule has 4 aromatic rings. The number of aromatic nitrogens is 2. The van der Waals surface area contributed by atoms with E-state index < -0.39 is 0 Å². The van der Waals surface area contributed by atoms with Crippen molar-refractivity contribution in [1.82, 2.24) is 4.57 Å². The minimum Gasteiger partial charge on any atom is -0.289 e. The molecule has 1 aromatic heterocycles. The van der Waals surface area contributed by atoms with Gasteiger partial charge in [0, 0.05) is 5.56 Å². The molecule has 0 radical (unpaired) electrons. The highest BCUT2D eigenvalue weighted by atomic mass is 16.1. The second kappa shape index (κ2) is 7.43. The number of benzene rings is 3. The van der Waals surface area contributed by atoms with Crippen LogP contribution in [0.2, 0.25) is 0 Å². The zero-order valence-corrected chi connectivity index (χ0v) is 16.6. The summed E-state index contributed by atoms with van der Waals surface area (Å²) in [7, 11) is 0. The van der Waals surface area contributed by atoms with Gasteiger partial charge in [0.2, 0.25) is 12.1 Å². The minimum atomic E-state index is -0.274. The molecule has 0 aliphatic rings. The quantitative estimate of drug-likeness (QED) is 0.357. The van der Waals surface area contributed by atoms with Crippen molar-refractivity contribution in [3.05, 3.63) is 101 Å². The van der Waals surface area contributed by atoms with E-state index in [1.165, 1.54) is 16.7 Å². The summed E-state index contributed by atoms with van der Waals surface area (Å²) in [6.45, 7) is 7.02. The van der Waals surface area contributed by atoms with Crippen LogP contribution >= 0.6 is 0 Å². The third-order valence-corrected chi connectivity index (χ3v) is 5.49. The van der Waals surface area contributed by atoms with E-state index in [9.17, 15) is 4.79 Å². The van der Waals surface area contributed by atoms with Gasteiger partial charge in [-0.15, -0.1) is 0 Å². The Morgan fingerprint density at radius 2 is 1.54 bits per heavy atom. The highest BCUT2D eigenvalue weighted by Gasteiger charge is 2.26. The number of hydrogen-bond donors (Lipinski definition) is 0. The largest absolute Gasteiger partial charge is 0.289 e. The normalized spacial score (nSPS) is 12.2. The number of hydrogen-bond acceptors (Lipinski definition) is 1. The lowest BCUT2D eigenvalue weighted by Crippen LogP contribution is -2.33. The maximum absolute atomic E-state index is 13.1. The summed E-state index contributed by atoms with van der Waals surface area (Å²) < 4.78 is 4.35. The van der Waals surface area contributed by atoms with Crippen molar-refractivity contribution in [1.29, 1.82) is 0 Å². The van der Waals surface area contributed by atoms with Gasteiger partial charge >= 0.3 is 0 Å². The third kappa shape index (κ3) is 3.36. The Morgan fingerprint density at radius 1 is 0.929 bits per heavy atom. The fraction of sp³-hybridized carbons (Fsp3) is 0.200. The number of Topliss-reactive ketones (excluding diaryl/α,β-unsaturated/α-hetero) is 1. The van der Waals surface area contributed by atoms with E-state index in [0.29, 0.717) is 0 Å². The number of imidazole rings is 1. The van der Waals surface area contributed by atoms with Crippen LogP contribution in [0, 0.1) is 13.8 Å². The first-order chi connectivity index (χ1) is 13.5. The second-order valence-corrected chi connectivity index (χ2v) is 7.47. The lowest BCUT2D eigenvalue weighted by Gasteiger charge is -2.08. The molecular weight excluding hydrogens is 344 g/mol. The van der Waals surface area contributed by atoms with Crippen LogP contribution < -0.4 is 4.57 Å². The summed E-state index contributed by atoms with van der Waals surface area (Å²) in [4.78, 5) is 13.1. The van der Waals surface area contributed by atoms with Crippen molar-refractivity contribution in [2.24, 2.45) is 0 Å². The first-order valence-corrected chi connectivity index (χ1v) is 9.69. The zero-order chi connectivity index (χ0) is 19.7. The van der Waals surface area contributed by atoms with Crippen LogP contribution in [-0.4, -0.2) is 10.4 Å². The third-order valence-electron chi connectivity index (χ3n) is 5.49. The van der Waals surface area contributed by atoms with Crippen molar-refractivity contribution in [2.75, 3.05) is 0 Å². The topological polar surface area (TPSA) is 25.9 Å². The summed E-state index contributed by atoms with van der Waals surface area (Å²) in [6, 6.07) is 24.1. The molecule has 0 unspecified atom stereocenters. The van der Waals surface area contributed by atoms with Gasteiger partial charge in [-0.1, -0.05) is 60.7 Å². The van der Waals surface area contributed by atoms with Gasteiger partial charge in [-0.25, -0.2) is 9.13 Å². The van der Waals surface area contributed by atoms with Crippen molar-refractivity contribution in [2.45, 2.75) is 33.4 Å². The van der Waals surface area contributed by atoms with Gasteiger partial charge in [0.15, 0.2) is 17.1 Å². The zero-order valence-electron chi connectivity index (χ0n) is 16.6. The maximum Gasteiger partial charge on any atom is 0.245 e. The molecule has 1 atom stereocenters. The Balaban J connectivity index is 1.81. The van der Waals surface area contributed by atoms with Gasteiger partial charge in [0.25, 0.3) is 0 Å². The maximum atomic E-state index is 13.1. The molecule has 0 bridgehead atoms. The fourth-order valence-corrected chi connectivity index (χ4v) is 3.68. The predicted molar refractivity (Wildman–Crippen MR) is 113 cm³/mol. The molecule has 140 valence electrons. The number of carbonyl (C=O) groups is 1. The van der Waals surface area contributed by atoms with E-state index in [2.05, 4.69) is 65.7 Å². The summed E-state index contributed by atoms with van der Waals surface area (Å²) >= 11 is 0. The van der Waals surface area contributed by atoms with Crippen molar-refractivity contribution >= 4 is 16.8 Å². The molecule has 3 nitrogen and oxygen atoms in total. The molecule has 3 heteroatoms. The summed E-state index contributed by atoms with van der Waals surface area (Å²) in [5.41, 5.74) is 6.73. The van der Waals surface area contributed by atoms with E-state index in [1.807, 2.05) is 43.3 Å². The van der Waals surface area contributed by atoms with E-state index >= 15 is 0 Å². The lowest BCUT2D eigenvalue weighted by atomic mass is 10.0. The number of ketones is 1. The molecule has 4 rings (SSSR count). The molecular formula is C25H25N2O+. The molecule has 0 saturated heterocycles. The molecule has 0 fully saturated rings. The Labute approximate surface area is 165 Å². The van der Waals surface area contributed by atoms with Crippen LogP contribution in [-0.2, 0) is 6.54 Å². The number of rotatable bonds is 5. The highest BCUT2D eigenvalue weighted by Crippen LogP contribution is 2.23. The SMILES string of the molecule is Cc1cc2c(cc1C)[n+](Cc1ccccc1)cn2[C@H](C)C(=O)c1ccccc1. The molecule has 28 heavy (non-hydrogen) atoms. The number of aryl methyl sites for hydroxylation is 2.